The van der Waals surface area contributed by atoms with E-state index in [2.05, 4.69) is 10.0 Å². The Kier molecular flexibility index (Phi) is 3.14. The van der Waals surface area contributed by atoms with E-state index < -0.39 is 5.91 Å². The number of hydrogen-bond acceptors (Lipinski definition) is 1. The molecule has 0 spiro atoms. The zero-order valence-electron chi connectivity index (χ0n) is 6.24. The van der Waals surface area contributed by atoms with Gasteiger partial charge >= 0.3 is 0 Å². The number of nitrogens with zero attached hydrogens (tertiary/aromatic N) is 3. The number of amides is 1. The largest absolute Gasteiger partial charge is 0.287 e. The van der Waals surface area contributed by atoms with Crippen molar-refractivity contribution in [3.05, 3.63) is 44.3 Å². The quantitative estimate of drug-likeness (QED) is 0.402. The lowest BCUT2D eigenvalue weighted by Crippen LogP contribution is -1.92. The lowest BCUT2D eigenvalue weighted by molar-refractivity contribution is 0.100. The number of benzene rings is 1. The summed E-state index contributed by atoms with van der Waals surface area (Å²) in [5.41, 5.74) is 8.22. The van der Waals surface area contributed by atoms with Crippen molar-refractivity contribution in [2.75, 3.05) is 0 Å². The molecule has 0 bridgehead atoms. The molecule has 1 rings (SSSR count). The van der Waals surface area contributed by atoms with Gasteiger partial charge in [-0.05, 0) is 28.8 Å². The molecule has 0 aliphatic carbocycles. The Hall–Kier alpha value is -1.22. The Morgan fingerprint density at radius 2 is 2.08 bits per heavy atom. The topological polar surface area (TPSA) is 65.8 Å². The van der Waals surface area contributed by atoms with Gasteiger partial charge in [0.15, 0.2) is 0 Å². The van der Waals surface area contributed by atoms with Crippen molar-refractivity contribution in [2.24, 2.45) is 5.11 Å². The van der Waals surface area contributed by atoms with Gasteiger partial charge in [-0.15, -0.1) is 0 Å². The third-order valence-corrected chi connectivity index (χ3v) is 2.04. The van der Waals surface area contributed by atoms with E-state index in [0.29, 0.717) is 5.02 Å². The number of carbonyl (C=O) groups excluding carboxylic acids is 1. The molecule has 0 radical (unpaired) electrons. The van der Waals surface area contributed by atoms with Crippen LogP contribution in [0.4, 0.5) is 0 Å². The van der Waals surface area contributed by atoms with Crippen LogP contribution < -0.4 is 0 Å². The van der Waals surface area contributed by atoms with Crippen LogP contribution in [0.3, 0.4) is 0 Å². The zero-order chi connectivity index (χ0) is 9.84. The van der Waals surface area contributed by atoms with Crippen LogP contribution in [0.2, 0.25) is 10.0 Å². The zero-order valence-corrected chi connectivity index (χ0v) is 7.75. The molecular formula is C7H3Cl2N3O. The van der Waals surface area contributed by atoms with E-state index in [1.807, 2.05) is 0 Å². The summed E-state index contributed by atoms with van der Waals surface area (Å²) in [7, 11) is 0. The van der Waals surface area contributed by atoms with E-state index in [9.17, 15) is 4.79 Å². The molecule has 66 valence electrons. The Bertz CT molecular complexity index is 399. The van der Waals surface area contributed by atoms with E-state index in [4.69, 9.17) is 28.7 Å². The summed E-state index contributed by atoms with van der Waals surface area (Å²) in [6.07, 6.45) is 0. The van der Waals surface area contributed by atoms with Crippen LogP contribution in [0.5, 0.6) is 0 Å². The highest BCUT2D eigenvalue weighted by Gasteiger charge is 2.05. The summed E-state index contributed by atoms with van der Waals surface area (Å²) >= 11 is 11.3. The van der Waals surface area contributed by atoms with Gasteiger partial charge in [0.05, 0.1) is 10.0 Å². The molecule has 0 aliphatic heterocycles. The smallest absolute Gasteiger partial charge is 0.249 e. The number of azide groups is 1. The molecule has 13 heavy (non-hydrogen) atoms. The number of halogens is 2. The third kappa shape index (κ3) is 2.36. The van der Waals surface area contributed by atoms with Crippen molar-refractivity contribution < 1.29 is 4.79 Å². The molecule has 0 fully saturated rings. The van der Waals surface area contributed by atoms with Gasteiger partial charge in [0.25, 0.3) is 0 Å². The molecule has 0 unspecified atom stereocenters. The first kappa shape index (κ1) is 9.86. The van der Waals surface area contributed by atoms with Crippen molar-refractivity contribution in [3.63, 3.8) is 0 Å². The summed E-state index contributed by atoms with van der Waals surface area (Å²) < 4.78 is 0. The van der Waals surface area contributed by atoms with Gasteiger partial charge in [0.2, 0.25) is 5.91 Å². The maximum Gasteiger partial charge on any atom is 0.249 e. The second kappa shape index (κ2) is 4.14. The molecule has 0 aliphatic rings. The van der Waals surface area contributed by atoms with Crippen LogP contribution in [-0.2, 0) is 0 Å². The second-order valence-electron chi connectivity index (χ2n) is 2.12. The predicted octanol–water partition coefficient (Wildman–Crippen LogP) is 3.44. The van der Waals surface area contributed by atoms with E-state index in [0.717, 1.165) is 0 Å². The molecule has 1 aromatic carbocycles. The lowest BCUT2D eigenvalue weighted by atomic mass is 10.2. The Balaban J connectivity index is 3.10. The van der Waals surface area contributed by atoms with Crippen molar-refractivity contribution in [2.45, 2.75) is 0 Å². The van der Waals surface area contributed by atoms with Gasteiger partial charge in [0.1, 0.15) is 0 Å². The van der Waals surface area contributed by atoms with Gasteiger partial charge in [-0.25, -0.2) is 0 Å². The molecule has 0 saturated carbocycles. The summed E-state index contributed by atoms with van der Waals surface area (Å²) in [6, 6.07) is 4.25. The minimum absolute atomic E-state index is 0.215. The first-order chi connectivity index (χ1) is 6.15. The average Bonchev–Trinajstić information content (AvgIpc) is 2.10. The van der Waals surface area contributed by atoms with Crippen LogP contribution in [0.25, 0.3) is 10.4 Å². The average molecular weight is 216 g/mol. The highest BCUT2D eigenvalue weighted by molar-refractivity contribution is 6.42. The van der Waals surface area contributed by atoms with Gasteiger partial charge in [-0.2, -0.15) is 0 Å². The number of carbonyl (C=O) groups is 1. The van der Waals surface area contributed by atoms with Crippen molar-refractivity contribution in [1.82, 2.24) is 0 Å². The normalized spacial score (nSPS) is 9.08. The van der Waals surface area contributed by atoms with E-state index in [-0.39, 0.29) is 10.6 Å². The highest BCUT2D eigenvalue weighted by Crippen LogP contribution is 2.22. The van der Waals surface area contributed by atoms with E-state index in [1.54, 1.807) is 0 Å². The minimum atomic E-state index is -0.680. The molecule has 1 aromatic rings. The fourth-order valence-corrected chi connectivity index (χ4v) is 1.03. The lowest BCUT2D eigenvalue weighted by Gasteiger charge is -1.97. The standard InChI is InChI=1S/C7H3Cl2N3O/c8-5-2-1-4(3-6(5)9)7(13)11-12-10/h1-3H. The van der Waals surface area contributed by atoms with Crippen molar-refractivity contribution in [3.8, 4) is 0 Å². The summed E-state index contributed by atoms with van der Waals surface area (Å²) in [5, 5.41) is 3.50. The molecule has 0 N–H and O–H groups in total. The third-order valence-electron chi connectivity index (χ3n) is 1.30. The van der Waals surface area contributed by atoms with Gasteiger partial charge in [0, 0.05) is 10.5 Å². The van der Waals surface area contributed by atoms with Gasteiger partial charge in [-0.1, -0.05) is 23.2 Å². The van der Waals surface area contributed by atoms with Crippen LogP contribution >= 0.6 is 23.2 Å². The Morgan fingerprint density at radius 1 is 1.38 bits per heavy atom. The molecule has 4 nitrogen and oxygen atoms in total. The summed E-state index contributed by atoms with van der Waals surface area (Å²) in [5.74, 6) is -0.680. The monoisotopic (exact) mass is 215 g/mol. The minimum Gasteiger partial charge on any atom is -0.287 e. The fraction of sp³-hybridized carbons (Fsp3) is 0. The molecule has 6 heteroatoms. The number of hydrogen-bond donors (Lipinski definition) is 0. The van der Waals surface area contributed by atoms with E-state index in [1.165, 1.54) is 18.2 Å². The molecule has 0 heterocycles. The molecule has 0 atom stereocenters. The summed E-state index contributed by atoms with van der Waals surface area (Å²) in [6.45, 7) is 0. The SMILES string of the molecule is [N-]=[N+]=NC(=O)c1ccc(Cl)c(Cl)c1. The van der Waals surface area contributed by atoms with Crippen molar-refractivity contribution in [1.29, 1.82) is 0 Å². The van der Waals surface area contributed by atoms with E-state index >= 15 is 0 Å². The molecule has 0 aromatic heterocycles. The first-order valence-electron chi connectivity index (χ1n) is 3.19. The van der Waals surface area contributed by atoms with Crippen LogP contribution in [0.1, 0.15) is 10.4 Å². The van der Waals surface area contributed by atoms with Crippen molar-refractivity contribution >= 4 is 29.1 Å². The predicted molar refractivity (Wildman–Crippen MR) is 49.9 cm³/mol. The van der Waals surface area contributed by atoms with Gasteiger partial charge in [-0.3, -0.25) is 4.79 Å². The Morgan fingerprint density at radius 3 is 2.62 bits per heavy atom. The molecular weight excluding hydrogens is 213 g/mol. The van der Waals surface area contributed by atoms with Gasteiger partial charge < -0.3 is 0 Å². The molecule has 1 amide bonds. The first-order valence-corrected chi connectivity index (χ1v) is 3.95. The maximum absolute atomic E-state index is 11.0. The van der Waals surface area contributed by atoms with Crippen LogP contribution in [0, 0.1) is 0 Å². The summed E-state index contributed by atoms with van der Waals surface area (Å²) in [4.78, 5) is 13.3. The molecule has 0 saturated heterocycles. The van der Waals surface area contributed by atoms with Crippen LogP contribution in [-0.4, -0.2) is 5.91 Å². The highest BCUT2D eigenvalue weighted by atomic mass is 35.5. The second-order valence-corrected chi connectivity index (χ2v) is 2.94. The fourth-order valence-electron chi connectivity index (χ4n) is 0.728. The maximum atomic E-state index is 11.0. The van der Waals surface area contributed by atoms with Crippen LogP contribution in [0.15, 0.2) is 23.3 Å². The number of rotatable bonds is 1. The Labute approximate surface area is 83.7 Å².